The molecule has 0 aromatic heterocycles. The predicted molar refractivity (Wildman–Crippen MR) is 63.4 cm³/mol. The van der Waals surface area contributed by atoms with Crippen LogP contribution in [0.2, 0.25) is 0 Å². The van der Waals surface area contributed by atoms with Crippen LogP contribution in [0.25, 0.3) is 0 Å². The van der Waals surface area contributed by atoms with Crippen molar-refractivity contribution in [2.45, 2.75) is 44.6 Å². The Morgan fingerprint density at radius 3 is 2.50 bits per heavy atom. The summed E-state index contributed by atoms with van der Waals surface area (Å²) >= 11 is 5.50. The highest BCUT2D eigenvalue weighted by atomic mass is 35.5. The molecule has 5 heteroatoms. The van der Waals surface area contributed by atoms with Gasteiger partial charge in [-0.3, -0.25) is 9.59 Å². The zero-order chi connectivity index (χ0) is 11.8. The SMILES string of the molecule is O=C(CCCCCl)NCCC(=O)NC1CC1. The first-order valence-electron chi connectivity index (χ1n) is 5.84. The highest BCUT2D eigenvalue weighted by Gasteiger charge is 2.22. The molecule has 1 fully saturated rings. The molecule has 0 aromatic rings. The van der Waals surface area contributed by atoms with E-state index in [0.29, 0.717) is 31.3 Å². The van der Waals surface area contributed by atoms with Crippen molar-refractivity contribution in [3.05, 3.63) is 0 Å². The molecule has 0 heterocycles. The average molecular weight is 247 g/mol. The molecule has 0 radical (unpaired) electrons. The molecule has 1 rings (SSSR count). The lowest BCUT2D eigenvalue weighted by atomic mass is 10.2. The van der Waals surface area contributed by atoms with Gasteiger partial charge in [-0.2, -0.15) is 0 Å². The topological polar surface area (TPSA) is 58.2 Å². The van der Waals surface area contributed by atoms with Crippen LogP contribution >= 0.6 is 11.6 Å². The Hall–Kier alpha value is -0.770. The van der Waals surface area contributed by atoms with Crippen LogP contribution < -0.4 is 10.6 Å². The third-order valence-corrected chi connectivity index (χ3v) is 2.67. The monoisotopic (exact) mass is 246 g/mol. The average Bonchev–Trinajstić information content (AvgIpc) is 3.02. The molecule has 1 aliphatic carbocycles. The van der Waals surface area contributed by atoms with E-state index >= 15 is 0 Å². The van der Waals surface area contributed by atoms with Gasteiger partial charge in [0.25, 0.3) is 0 Å². The van der Waals surface area contributed by atoms with Gasteiger partial charge in [0.05, 0.1) is 0 Å². The van der Waals surface area contributed by atoms with Crippen LogP contribution in [0, 0.1) is 0 Å². The van der Waals surface area contributed by atoms with E-state index in [2.05, 4.69) is 10.6 Å². The van der Waals surface area contributed by atoms with Crippen molar-refractivity contribution in [2.75, 3.05) is 12.4 Å². The summed E-state index contributed by atoms with van der Waals surface area (Å²) in [5, 5.41) is 5.60. The van der Waals surface area contributed by atoms with Crippen LogP contribution in [0.5, 0.6) is 0 Å². The van der Waals surface area contributed by atoms with Gasteiger partial charge in [0, 0.05) is 31.3 Å². The molecule has 0 aliphatic heterocycles. The Morgan fingerprint density at radius 2 is 1.88 bits per heavy atom. The maximum atomic E-state index is 11.3. The first-order chi connectivity index (χ1) is 7.72. The first-order valence-corrected chi connectivity index (χ1v) is 6.38. The lowest BCUT2D eigenvalue weighted by Crippen LogP contribution is -2.31. The van der Waals surface area contributed by atoms with Gasteiger partial charge >= 0.3 is 0 Å². The minimum Gasteiger partial charge on any atom is -0.356 e. The quantitative estimate of drug-likeness (QED) is 0.499. The standard InChI is InChI=1S/C11H19ClN2O2/c12-7-2-1-3-10(15)13-8-6-11(16)14-9-4-5-9/h9H,1-8H2,(H,13,15)(H,14,16). The molecule has 1 saturated carbocycles. The Labute approximate surface area is 101 Å². The molecular weight excluding hydrogens is 228 g/mol. The normalized spacial score (nSPS) is 14.6. The summed E-state index contributed by atoms with van der Waals surface area (Å²) in [4.78, 5) is 22.5. The number of halogens is 1. The molecule has 4 nitrogen and oxygen atoms in total. The van der Waals surface area contributed by atoms with Crippen LogP contribution in [-0.2, 0) is 9.59 Å². The van der Waals surface area contributed by atoms with Crippen molar-refractivity contribution < 1.29 is 9.59 Å². The van der Waals surface area contributed by atoms with Crippen molar-refractivity contribution in [3.8, 4) is 0 Å². The van der Waals surface area contributed by atoms with Crippen LogP contribution in [0.4, 0.5) is 0 Å². The lowest BCUT2D eigenvalue weighted by Gasteiger charge is -2.05. The molecule has 0 aromatic carbocycles. The summed E-state index contributed by atoms with van der Waals surface area (Å²) in [7, 11) is 0. The third-order valence-electron chi connectivity index (χ3n) is 2.40. The molecule has 0 spiro atoms. The minimum atomic E-state index is 0.00402. The predicted octanol–water partition coefficient (Wildman–Crippen LogP) is 1.18. The molecule has 0 saturated heterocycles. The lowest BCUT2D eigenvalue weighted by molar-refractivity contribution is -0.122. The largest absolute Gasteiger partial charge is 0.356 e. The number of amides is 2. The third kappa shape index (κ3) is 6.67. The van der Waals surface area contributed by atoms with E-state index in [4.69, 9.17) is 11.6 Å². The fourth-order valence-corrected chi connectivity index (χ4v) is 1.50. The molecular formula is C11H19ClN2O2. The Morgan fingerprint density at radius 1 is 1.12 bits per heavy atom. The van der Waals surface area contributed by atoms with Crippen LogP contribution in [0.1, 0.15) is 38.5 Å². The van der Waals surface area contributed by atoms with Crippen LogP contribution in [-0.4, -0.2) is 30.3 Å². The van der Waals surface area contributed by atoms with E-state index in [-0.39, 0.29) is 11.8 Å². The second-order valence-electron chi connectivity index (χ2n) is 4.09. The van der Waals surface area contributed by atoms with Crippen molar-refractivity contribution in [1.82, 2.24) is 10.6 Å². The second-order valence-corrected chi connectivity index (χ2v) is 4.47. The van der Waals surface area contributed by atoms with Gasteiger partial charge in [-0.05, 0) is 25.7 Å². The molecule has 0 unspecified atom stereocenters. The molecule has 92 valence electrons. The van der Waals surface area contributed by atoms with Crippen molar-refractivity contribution in [1.29, 1.82) is 0 Å². The highest BCUT2D eigenvalue weighted by molar-refractivity contribution is 6.17. The summed E-state index contributed by atoms with van der Waals surface area (Å²) in [6, 6.07) is 0.395. The minimum absolute atomic E-state index is 0.00402. The highest BCUT2D eigenvalue weighted by Crippen LogP contribution is 2.18. The van der Waals surface area contributed by atoms with Gasteiger partial charge in [-0.15, -0.1) is 11.6 Å². The van der Waals surface area contributed by atoms with E-state index in [1.807, 2.05) is 0 Å². The zero-order valence-electron chi connectivity index (χ0n) is 9.43. The van der Waals surface area contributed by atoms with Crippen molar-refractivity contribution in [3.63, 3.8) is 0 Å². The number of carbonyl (C=O) groups excluding carboxylic acids is 2. The first kappa shape index (κ1) is 13.3. The van der Waals surface area contributed by atoms with E-state index in [0.717, 1.165) is 25.7 Å². The number of hydrogen-bond donors (Lipinski definition) is 2. The number of unbranched alkanes of at least 4 members (excludes halogenated alkanes) is 1. The van der Waals surface area contributed by atoms with Crippen LogP contribution in [0.15, 0.2) is 0 Å². The molecule has 0 bridgehead atoms. The van der Waals surface area contributed by atoms with Crippen molar-refractivity contribution in [2.24, 2.45) is 0 Å². The zero-order valence-corrected chi connectivity index (χ0v) is 10.2. The van der Waals surface area contributed by atoms with E-state index in [9.17, 15) is 9.59 Å². The van der Waals surface area contributed by atoms with Crippen molar-refractivity contribution >= 4 is 23.4 Å². The Balaban J connectivity index is 1.92. The van der Waals surface area contributed by atoms with Gasteiger partial charge in [0.2, 0.25) is 11.8 Å². The summed E-state index contributed by atoms with van der Waals surface area (Å²) in [6.07, 6.45) is 4.72. The fourth-order valence-electron chi connectivity index (χ4n) is 1.31. The summed E-state index contributed by atoms with van der Waals surface area (Å²) in [5.74, 6) is 0.629. The second kappa shape index (κ2) is 7.49. The van der Waals surface area contributed by atoms with Crippen LogP contribution in [0.3, 0.4) is 0 Å². The number of hydrogen-bond acceptors (Lipinski definition) is 2. The van der Waals surface area contributed by atoms with E-state index < -0.39 is 0 Å². The van der Waals surface area contributed by atoms with Gasteiger partial charge < -0.3 is 10.6 Å². The van der Waals surface area contributed by atoms with Gasteiger partial charge in [0.15, 0.2) is 0 Å². The Kier molecular flexibility index (Phi) is 6.23. The molecule has 2 amide bonds. The maximum absolute atomic E-state index is 11.3. The van der Waals surface area contributed by atoms with E-state index in [1.54, 1.807) is 0 Å². The van der Waals surface area contributed by atoms with Gasteiger partial charge in [-0.25, -0.2) is 0 Å². The smallest absolute Gasteiger partial charge is 0.221 e. The number of nitrogens with one attached hydrogen (secondary N) is 2. The maximum Gasteiger partial charge on any atom is 0.221 e. The number of carbonyl (C=O) groups is 2. The Bertz CT molecular complexity index is 242. The summed E-state index contributed by atoms with van der Waals surface area (Å²) < 4.78 is 0. The number of rotatable bonds is 8. The van der Waals surface area contributed by atoms with Gasteiger partial charge in [-0.1, -0.05) is 0 Å². The van der Waals surface area contributed by atoms with E-state index in [1.165, 1.54) is 0 Å². The fraction of sp³-hybridized carbons (Fsp3) is 0.818. The molecule has 16 heavy (non-hydrogen) atoms. The summed E-state index contributed by atoms with van der Waals surface area (Å²) in [6.45, 7) is 0.429. The molecule has 2 N–H and O–H groups in total. The number of alkyl halides is 1. The summed E-state index contributed by atoms with van der Waals surface area (Å²) in [5.41, 5.74) is 0. The van der Waals surface area contributed by atoms with Gasteiger partial charge in [0.1, 0.15) is 0 Å². The molecule has 0 atom stereocenters. The molecule has 1 aliphatic rings.